The van der Waals surface area contributed by atoms with Crippen molar-refractivity contribution in [1.29, 1.82) is 0 Å². The molecule has 1 amide bonds. The summed E-state index contributed by atoms with van der Waals surface area (Å²) in [5.41, 5.74) is 1.65. The second-order valence-electron chi connectivity index (χ2n) is 4.61. The van der Waals surface area contributed by atoms with E-state index in [1.54, 1.807) is 10.9 Å². The Morgan fingerprint density at radius 1 is 1.43 bits per heavy atom. The van der Waals surface area contributed by atoms with E-state index in [1.807, 2.05) is 38.1 Å². The Morgan fingerprint density at radius 3 is 2.86 bits per heavy atom. The fourth-order valence-corrected chi connectivity index (χ4v) is 2.03. The van der Waals surface area contributed by atoms with Crippen molar-refractivity contribution in [2.24, 2.45) is 0 Å². The smallest absolute Gasteiger partial charge is 0.258 e. The van der Waals surface area contributed by atoms with E-state index < -0.39 is 0 Å². The van der Waals surface area contributed by atoms with Crippen LogP contribution < -0.4 is 10.1 Å². The van der Waals surface area contributed by atoms with E-state index in [4.69, 9.17) is 16.3 Å². The summed E-state index contributed by atoms with van der Waals surface area (Å²) in [6, 6.07) is 7.57. The van der Waals surface area contributed by atoms with E-state index in [1.165, 1.54) is 0 Å². The van der Waals surface area contributed by atoms with Gasteiger partial charge in [0.1, 0.15) is 11.4 Å². The Hall–Kier alpha value is -2.01. The van der Waals surface area contributed by atoms with Gasteiger partial charge in [-0.3, -0.25) is 9.48 Å². The number of para-hydroxylation sites is 1. The van der Waals surface area contributed by atoms with Crippen molar-refractivity contribution in [2.75, 3.05) is 6.61 Å². The van der Waals surface area contributed by atoms with Crippen molar-refractivity contribution >= 4 is 17.5 Å². The molecule has 0 saturated heterocycles. The number of aromatic nitrogens is 2. The maximum Gasteiger partial charge on any atom is 0.258 e. The van der Waals surface area contributed by atoms with Gasteiger partial charge in [0.15, 0.2) is 6.61 Å². The molecule has 1 N–H and O–H groups in total. The molecule has 0 aliphatic heterocycles. The lowest BCUT2D eigenvalue weighted by atomic mass is 10.2. The zero-order valence-corrected chi connectivity index (χ0v) is 12.9. The van der Waals surface area contributed by atoms with Crippen molar-refractivity contribution < 1.29 is 9.53 Å². The fourth-order valence-electron chi connectivity index (χ4n) is 1.81. The number of carbonyl (C=O) groups is 1. The van der Waals surface area contributed by atoms with Gasteiger partial charge in [-0.25, -0.2) is 0 Å². The lowest BCUT2D eigenvalue weighted by molar-refractivity contribution is -0.123. The molecule has 2 aromatic rings. The summed E-state index contributed by atoms with van der Waals surface area (Å²) in [4.78, 5) is 11.8. The number of ether oxygens (including phenoxy) is 1. The summed E-state index contributed by atoms with van der Waals surface area (Å²) in [5.74, 6) is 0.501. The summed E-state index contributed by atoms with van der Waals surface area (Å²) in [7, 11) is 0. The molecule has 1 aromatic heterocycles. The molecule has 5 nitrogen and oxygen atoms in total. The number of carbonyl (C=O) groups excluding carboxylic acids is 1. The van der Waals surface area contributed by atoms with Gasteiger partial charge in [0, 0.05) is 12.7 Å². The van der Waals surface area contributed by atoms with Crippen LogP contribution in [-0.4, -0.2) is 22.3 Å². The highest BCUT2D eigenvalue weighted by Gasteiger charge is 2.09. The lowest BCUT2D eigenvalue weighted by Crippen LogP contribution is -2.28. The minimum Gasteiger partial charge on any atom is -0.484 e. The number of nitrogens with one attached hydrogen (secondary N) is 1. The molecule has 6 heteroatoms. The average Bonchev–Trinajstić information content (AvgIpc) is 2.84. The van der Waals surface area contributed by atoms with E-state index in [0.29, 0.717) is 23.0 Å². The molecule has 0 aliphatic carbocycles. The van der Waals surface area contributed by atoms with Crippen molar-refractivity contribution in [3.05, 3.63) is 46.7 Å². The zero-order valence-electron chi connectivity index (χ0n) is 12.1. The SMILES string of the molecule is CCn1cc(Cl)c(CNC(=O)COc2ccccc2C)n1. The fraction of sp³-hybridized carbons (Fsp3) is 0.333. The number of rotatable bonds is 6. The Kier molecular flexibility index (Phi) is 5.22. The van der Waals surface area contributed by atoms with Gasteiger partial charge >= 0.3 is 0 Å². The quantitative estimate of drug-likeness (QED) is 0.892. The van der Waals surface area contributed by atoms with Gasteiger partial charge in [-0.15, -0.1) is 0 Å². The molecule has 1 aromatic carbocycles. The second kappa shape index (κ2) is 7.13. The monoisotopic (exact) mass is 307 g/mol. The van der Waals surface area contributed by atoms with Crippen LogP contribution in [0.3, 0.4) is 0 Å². The first kappa shape index (κ1) is 15.4. The van der Waals surface area contributed by atoms with E-state index in [9.17, 15) is 4.79 Å². The third-order valence-electron chi connectivity index (χ3n) is 3.02. The summed E-state index contributed by atoms with van der Waals surface area (Å²) < 4.78 is 7.20. The molecular formula is C15H18ClN3O2. The molecule has 21 heavy (non-hydrogen) atoms. The van der Waals surface area contributed by atoms with Gasteiger partial charge in [0.05, 0.1) is 11.6 Å². The van der Waals surface area contributed by atoms with E-state index in [-0.39, 0.29) is 12.5 Å². The van der Waals surface area contributed by atoms with Gasteiger partial charge in [-0.05, 0) is 25.5 Å². The van der Waals surface area contributed by atoms with Crippen molar-refractivity contribution in [3.8, 4) is 5.75 Å². The predicted molar refractivity (Wildman–Crippen MR) is 81.4 cm³/mol. The highest BCUT2D eigenvalue weighted by molar-refractivity contribution is 6.31. The summed E-state index contributed by atoms with van der Waals surface area (Å²) >= 11 is 6.04. The first-order chi connectivity index (χ1) is 10.1. The minimum atomic E-state index is -0.208. The van der Waals surface area contributed by atoms with Gasteiger partial charge in [0.25, 0.3) is 5.91 Å². The summed E-state index contributed by atoms with van der Waals surface area (Å²) in [6.07, 6.45) is 1.74. The van der Waals surface area contributed by atoms with Crippen molar-refractivity contribution in [1.82, 2.24) is 15.1 Å². The van der Waals surface area contributed by atoms with Gasteiger partial charge in [0.2, 0.25) is 0 Å². The Labute approximate surface area is 128 Å². The second-order valence-corrected chi connectivity index (χ2v) is 5.02. The Morgan fingerprint density at radius 2 is 2.19 bits per heavy atom. The number of aryl methyl sites for hydroxylation is 2. The van der Waals surface area contributed by atoms with Crippen LogP contribution in [0.5, 0.6) is 5.75 Å². The first-order valence-corrected chi connectivity index (χ1v) is 7.15. The van der Waals surface area contributed by atoms with Crippen molar-refractivity contribution in [3.63, 3.8) is 0 Å². The van der Waals surface area contributed by atoms with E-state index >= 15 is 0 Å². The highest BCUT2D eigenvalue weighted by Crippen LogP contribution is 2.16. The lowest BCUT2D eigenvalue weighted by Gasteiger charge is -2.08. The zero-order chi connectivity index (χ0) is 15.2. The van der Waals surface area contributed by atoms with Crippen LogP contribution in [0.25, 0.3) is 0 Å². The molecular weight excluding hydrogens is 290 g/mol. The summed E-state index contributed by atoms with van der Waals surface area (Å²) in [6.45, 7) is 4.91. The number of amides is 1. The van der Waals surface area contributed by atoms with Crippen LogP contribution in [0.2, 0.25) is 5.02 Å². The average molecular weight is 308 g/mol. The normalized spacial score (nSPS) is 10.4. The third kappa shape index (κ3) is 4.23. The van der Waals surface area contributed by atoms with Crippen LogP contribution in [-0.2, 0) is 17.9 Å². The molecule has 0 radical (unpaired) electrons. The number of halogens is 1. The Balaban J connectivity index is 1.82. The maximum atomic E-state index is 11.8. The topological polar surface area (TPSA) is 56.2 Å². The largest absolute Gasteiger partial charge is 0.484 e. The standard InChI is InChI=1S/C15H18ClN3O2/c1-3-19-9-12(16)13(18-19)8-17-15(20)10-21-14-7-5-4-6-11(14)2/h4-7,9H,3,8,10H2,1-2H3,(H,17,20). The predicted octanol–water partition coefficient (Wildman–Crippen LogP) is 2.56. The van der Waals surface area contributed by atoms with Crippen LogP contribution in [0.15, 0.2) is 30.5 Å². The van der Waals surface area contributed by atoms with Crippen LogP contribution in [0, 0.1) is 6.92 Å². The van der Waals surface area contributed by atoms with E-state index in [0.717, 1.165) is 12.1 Å². The highest BCUT2D eigenvalue weighted by atomic mass is 35.5. The number of nitrogens with zero attached hydrogens (tertiary/aromatic N) is 2. The molecule has 0 aliphatic rings. The molecule has 0 bridgehead atoms. The first-order valence-electron chi connectivity index (χ1n) is 6.77. The molecule has 2 rings (SSSR count). The van der Waals surface area contributed by atoms with Crippen LogP contribution >= 0.6 is 11.6 Å². The number of benzene rings is 1. The molecule has 0 atom stereocenters. The van der Waals surface area contributed by atoms with Gasteiger partial charge in [-0.2, -0.15) is 5.10 Å². The molecule has 112 valence electrons. The number of hydrogen-bond acceptors (Lipinski definition) is 3. The molecule has 1 heterocycles. The molecule has 0 fully saturated rings. The Bertz CT molecular complexity index is 625. The maximum absolute atomic E-state index is 11.8. The molecule has 0 unspecified atom stereocenters. The van der Waals surface area contributed by atoms with Gasteiger partial charge < -0.3 is 10.1 Å². The molecule has 0 saturated carbocycles. The van der Waals surface area contributed by atoms with Crippen LogP contribution in [0.1, 0.15) is 18.2 Å². The van der Waals surface area contributed by atoms with Crippen LogP contribution in [0.4, 0.5) is 0 Å². The summed E-state index contributed by atoms with van der Waals surface area (Å²) in [5, 5.41) is 7.56. The number of hydrogen-bond donors (Lipinski definition) is 1. The van der Waals surface area contributed by atoms with Crippen molar-refractivity contribution in [2.45, 2.75) is 26.9 Å². The minimum absolute atomic E-state index is 0.0308. The van der Waals surface area contributed by atoms with Gasteiger partial charge in [-0.1, -0.05) is 29.8 Å². The third-order valence-corrected chi connectivity index (χ3v) is 3.33. The van der Waals surface area contributed by atoms with E-state index in [2.05, 4.69) is 10.4 Å². The molecule has 0 spiro atoms.